The summed E-state index contributed by atoms with van der Waals surface area (Å²) >= 11 is 0. The largest absolute Gasteiger partial charge is 0.472 e. The lowest BCUT2D eigenvalue weighted by molar-refractivity contribution is -0.123. The van der Waals surface area contributed by atoms with E-state index in [9.17, 15) is 14.4 Å². The highest BCUT2D eigenvalue weighted by atomic mass is 16.3. The number of piperidine rings is 1. The van der Waals surface area contributed by atoms with E-state index in [4.69, 9.17) is 4.42 Å². The predicted molar refractivity (Wildman–Crippen MR) is 99.1 cm³/mol. The lowest BCUT2D eigenvalue weighted by Gasteiger charge is -2.33. The molecule has 2 N–H and O–H groups in total. The Morgan fingerprint density at radius 2 is 1.78 bits per heavy atom. The smallest absolute Gasteiger partial charge is 0.255 e. The summed E-state index contributed by atoms with van der Waals surface area (Å²) in [6.07, 6.45) is 4.11. The quantitative estimate of drug-likeness (QED) is 0.841. The third-order valence-corrected chi connectivity index (χ3v) is 4.67. The van der Waals surface area contributed by atoms with Gasteiger partial charge in [0, 0.05) is 24.7 Å². The maximum Gasteiger partial charge on any atom is 0.255 e. The van der Waals surface area contributed by atoms with Gasteiger partial charge in [-0.1, -0.05) is 18.2 Å². The molecule has 1 unspecified atom stereocenters. The zero-order valence-electron chi connectivity index (χ0n) is 15.2. The molecule has 2 aromatic rings. The number of carbonyl (C=O) groups excluding carboxylic acids is 3. The van der Waals surface area contributed by atoms with Crippen molar-refractivity contribution in [3.8, 4) is 0 Å². The van der Waals surface area contributed by atoms with Crippen molar-refractivity contribution < 1.29 is 18.8 Å². The molecule has 3 amide bonds. The van der Waals surface area contributed by atoms with Crippen molar-refractivity contribution in [3.63, 3.8) is 0 Å². The van der Waals surface area contributed by atoms with Gasteiger partial charge in [0.25, 0.3) is 11.8 Å². The maximum atomic E-state index is 12.5. The van der Waals surface area contributed by atoms with Crippen LogP contribution in [-0.4, -0.2) is 47.8 Å². The lowest BCUT2D eigenvalue weighted by atomic mass is 10.0. The van der Waals surface area contributed by atoms with Crippen LogP contribution >= 0.6 is 0 Å². The molecule has 0 aliphatic carbocycles. The Morgan fingerprint density at radius 3 is 2.41 bits per heavy atom. The van der Waals surface area contributed by atoms with E-state index in [0.29, 0.717) is 37.1 Å². The van der Waals surface area contributed by atoms with E-state index in [-0.39, 0.29) is 23.8 Å². The zero-order chi connectivity index (χ0) is 19.2. The monoisotopic (exact) mass is 369 g/mol. The van der Waals surface area contributed by atoms with E-state index in [1.165, 1.54) is 12.5 Å². The van der Waals surface area contributed by atoms with Crippen LogP contribution in [0.2, 0.25) is 0 Å². The highest BCUT2D eigenvalue weighted by Crippen LogP contribution is 2.14. The molecule has 1 aromatic heterocycles. The molecule has 142 valence electrons. The zero-order valence-corrected chi connectivity index (χ0v) is 15.2. The maximum absolute atomic E-state index is 12.5. The van der Waals surface area contributed by atoms with Crippen LogP contribution in [0.15, 0.2) is 53.3 Å². The molecular formula is C20H23N3O4. The van der Waals surface area contributed by atoms with Gasteiger partial charge in [-0.25, -0.2) is 0 Å². The van der Waals surface area contributed by atoms with Gasteiger partial charge in [-0.3, -0.25) is 14.4 Å². The molecule has 1 aromatic carbocycles. The topological polar surface area (TPSA) is 91.7 Å². The normalized spacial score (nSPS) is 15.8. The SMILES string of the molecule is CC(NC(=O)c1ccoc1)C(=O)NC1CCN(C(=O)c2ccccc2)CC1. The van der Waals surface area contributed by atoms with Gasteiger partial charge in [0.1, 0.15) is 12.3 Å². The number of nitrogens with one attached hydrogen (secondary N) is 2. The van der Waals surface area contributed by atoms with Gasteiger partial charge >= 0.3 is 0 Å². The molecule has 1 saturated heterocycles. The Kier molecular flexibility index (Phi) is 5.90. The van der Waals surface area contributed by atoms with E-state index in [1.54, 1.807) is 25.1 Å². The summed E-state index contributed by atoms with van der Waals surface area (Å²) in [7, 11) is 0. The second-order valence-corrected chi connectivity index (χ2v) is 6.65. The molecule has 0 spiro atoms. The summed E-state index contributed by atoms with van der Waals surface area (Å²) < 4.78 is 4.87. The summed E-state index contributed by atoms with van der Waals surface area (Å²) in [5, 5.41) is 5.60. The molecule has 0 radical (unpaired) electrons. The number of benzene rings is 1. The van der Waals surface area contributed by atoms with Gasteiger partial charge in [-0.2, -0.15) is 0 Å². The van der Waals surface area contributed by atoms with Crippen LogP contribution in [0.5, 0.6) is 0 Å². The highest BCUT2D eigenvalue weighted by Gasteiger charge is 2.26. The summed E-state index contributed by atoms with van der Waals surface area (Å²) in [5.74, 6) is -0.574. The molecule has 27 heavy (non-hydrogen) atoms. The van der Waals surface area contributed by atoms with Gasteiger partial charge in [0.05, 0.1) is 11.8 Å². The number of hydrogen-bond acceptors (Lipinski definition) is 4. The van der Waals surface area contributed by atoms with Crippen molar-refractivity contribution in [1.29, 1.82) is 0 Å². The first kappa shape index (κ1) is 18.7. The summed E-state index contributed by atoms with van der Waals surface area (Å²) in [6.45, 7) is 2.82. The molecule has 3 rings (SSSR count). The average Bonchev–Trinajstić information content (AvgIpc) is 3.23. The first-order valence-electron chi connectivity index (χ1n) is 9.02. The van der Waals surface area contributed by atoms with Crippen molar-refractivity contribution in [2.24, 2.45) is 0 Å². The number of rotatable bonds is 5. The molecule has 0 saturated carbocycles. The first-order chi connectivity index (χ1) is 13.0. The Morgan fingerprint density at radius 1 is 1.07 bits per heavy atom. The number of likely N-dealkylation sites (tertiary alicyclic amines) is 1. The Bertz CT molecular complexity index is 781. The fourth-order valence-corrected chi connectivity index (χ4v) is 3.06. The minimum atomic E-state index is -0.656. The van der Waals surface area contributed by atoms with Crippen LogP contribution in [0.4, 0.5) is 0 Å². The Hall–Kier alpha value is -3.09. The van der Waals surface area contributed by atoms with E-state index >= 15 is 0 Å². The number of furan rings is 1. The second kappa shape index (κ2) is 8.53. The summed E-state index contributed by atoms with van der Waals surface area (Å²) in [4.78, 5) is 38.6. The number of hydrogen-bond donors (Lipinski definition) is 2. The van der Waals surface area contributed by atoms with Crippen LogP contribution < -0.4 is 10.6 Å². The van der Waals surface area contributed by atoms with E-state index in [2.05, 4.69) is 10.6 Å². The molecule has 2 heterocycles. The van der Waals surface area contributed by atoms with Gasteiger partial charge in [0.2, 0.25) is 5.91 Å². The second-order valence-electron chi connectivity index (χ2n) is 6.65. The molecule has 1 fully saturated rings. The van der Waals surface area contributed by atoms with E-state index < -0.39 is 6.04 Å². The molecule has 0 bridgehead atoms. The number of nitrogens with zero attached hydrogens (tertiary/aromatic N) is 1. The molecule has 1 aliphatic heterocycles. The molecular weight excluding hydrogens is 346 g/mol. The third kappa shape index (κ3) is 4.75. The molecule has 7 heteroatoms. The van der Waals surface area contributed by atoms with Crippen molar-refractivity contribution in [2.75, 3.05) is 13.1 Å². The lowest BCUT2D eigenvalue weighted by Crippen LogP contribution is -2.51. The summed E-state index contributed by atoms with van der Waals surface area (Å²) in [5.41, 5.74) is 1.05. The fourth-order valence-electron chi connectivity index (χ4n) is 3.06. The van der Waals surface area contributed by atoms with Crippen LogP contribution in [0, 0.1) is 0 Å². The predicted octanol–water partition coefficient (Wildman–Crippen LogP) is 1.82. The fraction of sp³-hybridized carbons (Fsp3) is 0.350. The summed E-state index contributed by atoms with van der Waals surface area (Å²) in [6, 6.07) is 10.1. The van der Waals surface area contributed by atoms with Crippen molar-refractivity contribution >= 4 is 17.7 Å². The van der Waals surface area contributed by atoms with E-state index in [0.717, 1.165) is 0 Å². The minimum absolute atomic E-state index is 0.00870. The minimum Gasteiger partial charge on any atom is -0.472 e. The number of amides is 3. The first-order valence-corrected chi connectivity index (χ1v) is 9.02. The van der Waals surface area contributed by atoms with Gasteiger partial charge in [-0.15, -0.1) is 0 Å². The van der Waals surface area contributed by atoms with Gasteiger partial charge < -0.3 is 20.0 Å². The third-order valence-electron chi connectivity index (χ3n) is 4.67. The van der Waals surface area contributed by atoms with Crippen molar-refractivity contribution in [2.45, 2.75) is 31.8 Å². The van der Waals surface area contributed by atoms with E-state index in [1.807, 2.05) is 23.1 Å². The number of carbonyl (C=O) groups is 3. The van der Waals surface area contributed by atoms with Gasteiger partial charge in [-0.05, 0) is 38.0 Å². The Balaban J connectivity index is 1.45. The van der Waals surface area contributed by atoms with Crippen molar-refractivity contribution in [3.05, 3.63) is 60.1 Å². The van der Waals surface area contributed by atoms with Crippen LogP contribution in [0.1, 0.15) is 40.5 Å². The van der Waals surface area contributed by atoms with Crippen LogP contribution in [0.3, 0.4) is 0 Å². The van der Waals surface area contributed by atoms with Crippen LogP contribution in [0.25, 0.3) is 0 Å². The average molecular weight is 369 g/mol. The highest BCUT2D eigenvalue weighted by molar-refractivity contribution is 5.97. The van der Waals surface area contributed by atoms with Gasteiger partial charge in [0.15, 0.2) is 0 Å². The molecule has 1 atom stereocenters. The Labute approximate surface area is 157 Å². The van der Waals surface area contributed by atoms with Crippen LogP contribution in [-0.2, 0) is 4.79 Å². The molecule has 1 aliphatic rings. The molecule has 7 nitrogen and oxygen atoms in total. The standard InChI is InChI=1S/C20H23N3O4/c1-14(21-19(25)16-9-12-27-13-16)18(24)22-17-7-10-23(11-8-17)20(26)15-5-3-2-4-6-15/h2-6,9,12-14,17H,7-8,10-11H2,1H3,(H,21,25)(H,22,24). The van der Waals surface area contributed by atoms with Crippen molar-refractivity contribution in [1.82, 2.24) is 15.5 Å².